The highest BCUT2D eigenvalue weighted by atomic mass is 127. The van der Waals surface area contributed by atoms with E-state index in [-0.39, 0.29) is 12.5 Å². The number of methoxy groups -OCH3 is 2. The molecule has 7 nitrogen and oxygen atoms in total. The van der Waals surface area contributed by atoms with E-state index in [1.807, 2.05) is 12.1 Å². The normalized spacial score (nSPS) is 10.4. The van der Waals surface area contributed by atoms with E-state index < -0.39 is 5.97 Å². The van der Waals surface area contributed by atoms with Crippen molar-refractivity contribution in [1.29, 1.82) is 0 Å². The molecular weight excluding hydrogens is 451 g/mol. The highest BCUT2D eigenvalue weighted by Gasteiger charge is 2.16. The van der Waals surface area contributed by atoms with Crippen molar-refractivity contribution in [3.63, 3.8) is 0 Å². The Morgan fingerprint density at radius 2 is 1.88 bits per heavy atom. The SMILES string of the molecule is COc1ccc(-c2noc(COC(=O)c3ccc(I)cc3)n2)c(OC)c1. The average Bonchev–Trinajstić information content (AvgIpc) is 3.15. The monoisotopic (exact) mass is 466 g/mol. The van der Waals surface area contributed by atoms with E-state index in [4.69, 9.17) is 18.7 Å². The Bertz CT molecular complexity index is 908. The second-order valence-electron chi connectivity index (χ2n) is 5.16. The summed E-state index contributed by atoms with van der Waals surface area (Å²) in [6.07, 6.45) is 0. The van der Waals surface area contributed by atoms with E-state index in [0.29, 0.717) is 28.5 Å². The van der Waals surface area contributed by atoms with Crippen molar-refractivity contribution in [2.24, 2.45) is 0 Å². The molecule has 134 valence electrons. The summed E-state index contributed by atoms with van der Waals surface area (Å²) in [4.78, 5) is 16.3. The topological polar surface area (TPSA) is 83.7 Å². The quantitative estimate of drug-likeness (QED) is 0.405. The first kappa shape index (κ1) is 18.2. The lowest BCUT2D eigenvalue weighted by atomic mass is 10.2. The molecule has 0 aliphatic heterocycles. The summed E-state index contributed by atoms with van der Waals surface area (Å²) in [5.74, 6) is 1.28. The van der Waals surface area contributed by atoms with Crippen LogP contribution in [0.15, 0.2) is 47.0 Å². The van der Waals surface area contributed by atoms with Gasteiger partial charge in [-0.1, -0.05) is 5.16 Å². The van der Waals surface area contributed by atoms with Crippen LogP contribution in [0.3, 0.4) is 0 Å². The number of nitrogens with zero attached hydrogens (tertiary/aromatic N) is 2. The van der Waals surface area contributed by atoms with Gasteiger partial charge < -0.3 is 18.7 Å². The zero-order valence-corrected chi connectivity index (χ0v) is 16.2. The van der Waals surface area contributed by atoms with Crippen molar-refractivity contribution < 1.29 is 23.5 Å². The largest absolute Gasteiger partial charge is 0.497 e. The molecule has 0 unspecified atom stereocenters. The number of rotatable bonds is 6. The van der Waals surface area contributed by atoms with Crippen LogP contribution in [0.1, 0.15) is 16.2 Å². The summed E-state index contributed by atoms with van der Waals surface area (Å²) >= 11 is 2.17. The maximum absolute atomic E-state index is 12.0. The van der Waals surface area contributed by atoms with Crippen LogP contribution in [-0.2, 0) is 11.3 Å². The van der Waals surface area contributed by atoms with Crippen LogP contribution in [0, 0.1) is 3.57 Å². The van der Waals surface area contributed by atoms with Crippen LogP contribution < -0.4 is 9.47 Å². The first-order valence-corrected chi connectivity index (χ1v) is 8.66. The fourth-order valence-electron chi connectivity index (χ4n) is 2.20. The highest BCUT2D eigenvalue weighted by Crippen LogP contribution is 2.31. The summed E-state index contributed by atoms with van der Waals surface area (Å²) in [5.41, 5.74) is 1.11. The van der Waals surface area contributed by atoms with Crippen molar-refractivity contribution in [2.75, 3.05) is 14.2 Å². The second-order valence-corrected chi connectivity index (χ2v) is 6.41. The van der Waals surface area contributed by atoms with Crippen molar-refractivity contribution in [3.05, 3.63) is 57.5 Å². The summed E-state index contributed by atoms with van der Waals surface area (Å²) in [5, 5.41) is 3.91. The smallest absolute Gasteiger partial charge is 0.338 e. The van der Waals surface area contributed by atoms with Crippen molar-refractivity contribution in [1.82, 2.24) is 10.1 Å². The lowest BCUT2D eigenvalue weighted by Crippen LogP contribution is -2.05. The van der Waals surface area contributed by atoms with E-state index in [0.717, 1.165) is 3.57 Å². The zero-order valence-electron chi connectivity index (χ0n) is 14.1. The minimum absolute atomic E-state index is 0.115. The van der Waals surface area contributed by atoms with Crippen molar-refractivity contribution in [3.8, 4) is 22.9 Å². The molecule has 0 fully saturated rings. The lowest BCUT2D eigenvalue weighted by molar-refractivity contribution is 0.0430. The molecule has 26 heavy (non-hydrogen) atoms. The molecule has 3 rings (SSSR count). The van der Waals surface area contributed by atoms with Crippen LogP contribution >= 0.6 is 22.6 Å². The number of hydrogen-bond acceptors (Lipinski definition) is 7. The molecule has 8 heteroatoms. The van der Waals surface area contributed by atoms with Gasteiger partial charge in [0.15, 0.2) is 6.61 Å². The first-order valence-electron chi connectivity index (χ1n) is 7.58. The average molecular weight is 466 g/mol. The maximum atomic E-state index is 12.0. The fourth-order valence-corrected chi connectivity index (χ4v) is 2.56. The number of carbonyl (C=O) groups excluding carboxylic acids is 1. The van der Waals surface area contributed by atoms with Crippen LogP contribution in [0.25, 0.3) is 11.4 Å². The van der Waals surface area contributed by atoms with Crippen LogP contribution in [0.2, 0.25) is 0 Å². The van der Waals surface area contributed by atoms with Gasteiger partial charge in [0.05, 0.1) is 25.3 Å². The second kappa shape index (κ2) is 8.17. The van der Waals surface area contributed by atoms with Gasteiger partial charge in [0.25, 0.3) is 5.89 Å². The molecule has 1 aromatic heterocycles. The highest BCUT2D eigenvalue weighted by molar-refractivity contribution is 14.1. The molecule has 0 radical (unpaired) electrons. The standard InChI is InChI=1S/C18H15IN2O5/c1-23-13-7-8-14(15(9-13)24-2)17-20-16(26-21-17)10-25-18(22)11-3-5-12(19)6-4-11/h3-9H,10H2,1-2H3. The minimum Gasteiger partial charge on any atom is -0.497 e. The minimum atomic E-state index is -0.455. The van der Waals surface area contributed by atoms with E-state index in [9.17, 15) is 4.79 Å². The van der Waals surface area contributed by atoms with Gasteiger partial charge in [-0.25, -0.2) is 4.79 Å². The maximum Gasteiger partial charge on any atom is 0.338 e. The molecular formula is C18H15IN2O5. The molecule has 0 bridgehead atoms. The van der Waals surface area contributed by atoms with Gasteiger partial charge in [0, 0.05) is 9.64 Å². The lowest BCUT2D eigenvalue weighted by Gasteiger charge is -2.07. The Hall–Kier alpha value is -2.62. The van der Waals surface area contributed by atoms with Gasteiger partial charge >= 0.3 is 5.97 Å². The van der Waals surface area contributed by atoms with Gasteiger partial charge in [0.1, 0.15) is 11.5 Å². The number of benzene rings is 2. The van der Waals surface area contributed by atoms with Gasteiger partial charge in [-0.05, 0) is 59.0 Å². The fraction of sp³-hybridized carbons (Fsp3) is 0.167. The molecule has 0 saturated carbocycles. The van der Waals surface area contributed by atoms with E-state index >= 15 is 0 Å². The molecule has 1 heterocycles. The van der Waals surface area contributed by atoms with Crippen LogP contribution in [0.5, 0.6) is 11.5 Å². The Kier molecular flexibility index (Phi) is 5.71. The Balaban J connectivity index is 1.70. The van der Waals surface area contributed by atoms with Crippen molar-refractivity contribution >= 4 is 28.6 Å². The predicted octanol–water partition coefficient (Wildman–Crippen LogP) is 3.72. The summed E-state index contributed by atoms with van der Waals surface area (Å²) in [6, 6.07) is 12.3. The molecule has 0 amide bonds. The molecule has 0 saturated heterocycles. The van der Waals surface area contributed by atoms with Crippen LogP contribution in [-0.4, -0.2) is 30.3 Å². The Labute approximate surface area is 163 Å². The Morgan fingerprint density at radius 3 is 2.58 bits per heavy atom. The number of hydrogen-bond donors (Lipinski definition) is 0. The molecule has 3 aromatic rings. The summed E-state index contributed by atoms with van der Waals surface area (Å²) < 4.78 is 21.9. The first-order chi connectivity index (χ1) is 12.6. The molecule has 0 N–H and O–H groups in total. The third-order valence-corrected chi connectivity index (χ3v) is 4.24. The van der Waals surface area contributed by atoms with Crippen LogP contribution in [0.4, 0.5) is 0 Å². The van der Waals surface area contributed by atoms with Gasteiger partial charge in [-0.15, -0.1) is 0 Å². The number of ether oxygens (including phenoxy) is 3. The summed E-state index contributed by atoms with van der Waals surface area (Å²) in [6.45, 7) is -0.115. The number of esters is 1. The number of aromatic nitrogens is 2. The molecule has 2 aromatic carbocycles. The molecule has 0 aliphatic rings. The van der Waals surface area contributed by atoms with Gasteiger partial charge in [0.2, 0.25) is 5.82 Å². The van der Waals surface area contributed by atoms with E-state index in [1.165, 1.54) is 0 Å². The van der Waals surface area contributed by atoms with Gasteiger partial charge in [-0.3, -0.25) is 0 Å². The molecule has 0 aliphatic carbocycles. The number of halogens is 1. The van der Waals surface area contributed by atoms with E-state index in [2.05, 4.69) is 32.7 Å². The summed E-state index contributed by atoms with van der Waals surface area (Å²) in [7, 11) is 3.12. The number of carbonyl (C=O) groups is 1. The predicted molar refractivity (Wildman–Crippen MR) is 101 cm³/mol. The third-order valence-electron chi connectivity index (χ3n) is 3.52. The van der Waals surface area contributed by atoms with E-state index in [1.54, 1.807) is 44.6 Å². The Morgan fingerprint density at radius 1 is 1.12 bits per heavy atom. The molecule has 0 atom stereocenters. The zero-order chi connectivity index (χ0) is 18.5. The van der Waals surface area contributed by atoms with Gasteiger partial charge in [-0.2, -0.15) is 4.98 Å². The van der Waals surface area contributed by atoms with Crippen molar-refractivity contribution in [2.45, 2.75) is 6.61 Å². The molecule has 0 spiro atoms. The third kappa shape index (κ3) is 4.13.